The van der Waals surface area contributed by atoms with Gasteiger partial charge < -0.3 is 4.43 Å². The molecule has 0 aliphatic carbocycles. The first-order valence-corrected chi connectivity index (χ1v) is 9.37. The van der Waals surface area contributed by atoms with E-state index in [1.165, 1.54) is 0 Å². The fraction of sp³-hybridized carbons (Fsp3) is 0.312. The third kappa shape index (κ3) is 5.11. The molecule has 0 bridgehead atoms. The summed E-state index contributed by atoms with van der Waals surface area (Å²) in [5.41, 5.74) is 2.18. The number of benzene rings is 1. The normalized spacial score (nSPS) is 11.2. The Morgan fingerprint density at radius 2 is 1.90 bits per heavy atom. The van der Waals surface area contributed by atoms with E-state index in [2.05, 4.69) is 34.1 Å². The molecule has 0 aliphatic rings. The SMILES string of the molecule is Cc1cnc(CC=NCc2ccccc2O[Si](C)C)nc1. The van der Waals surface area contributed by atoms with Crippen LogP contribution in [0.4, 0.5) is 0 Å². The van der Waals surface area contributed by atoms with E-state index in [1.54, 1.807) is 0 Å². The number of nitrogens with zero attached hydrogens (tertiary/aromatic N) is 3. The van der Waals surface area contributed by atoms with Gasteiger partial charge in [0.1, 0.15) is 11.6 Å². The van der Waals surface area contributed by atoms with E-state index in [4.69, 9.17) is 4.43 Å². The van der Waals surface area contributed by atoms with Crippen molar-refractivity contribution in [2.24, 2.45) is 4.99 Å². The Bertz CT molecular complexity index is 597. The fourth-order valence-electron chi connectivity index (χ4n) is 1.79. The number of aromatic nitrogens is 2. The van der Waals surface area contributed by atoms with Crippen molar-refractivity contribution >= 4 is 15.3 Å². The minimum atomic E-state index is -0.757. The number of hydrogen-bond acceptors (Lipinski definition) is 4. The lowest BCUT2D eigenvalue weighted by Gasteiger charge is -2.11. The predicted octanol–water partition coefficient (Wildman–Crippen LogP) is 3.23. The van der Waals surface area contributed by atoms with Crippen LogP contribution in [0.25, 0.3) is 0 Å². The second-order valence-corrected chi connectivity index (χ2v) is 7.04. The van der Waals surface area contributed by atoms with Gasteiger partial charge in [-0.1, -0.05) is 18.2 Å². The largest absolute Gasteiger partial charge is 0.542 e. The van der Waals surface area contributed by atoms with Crippen LogP contribution in [0.5, 0.6) is 5.75 Å². The molecule has 1 radical (unpaired) electrons. The molecular formula is C16H20N3OSi. The number of rotatable bonds is 6. The van der Waals surface area contributed by atoms with Crippen LogP contribution < -0.4 is 4.43 Å². The summed E-state index contributed by atoms with van der Waals surface area (Å²) in [5.74, 6) is 1.74. The second-order valence-electron chi connectivity index (χ2n) is 5.02. The van der Waals surface area contributed by atoms with Crippen molar-refractivity contribution in [3.05, 3.63) is 53.6 Å². The molecule has 0 unspecified atom stereocenters. The van der Waals surface area contributed by atoms with Gasteiger partial charge in [-0.2, -0.15) is 0 Å². The van der Waals surface area contributed by atoms with Crippen LogP contribution in [0.1, 0.15) is 17.0 Å². The first-order valence-electron chi connectivity index (χ1n) is 6.97. The molecule has 0 saturated heterocycles. The lowest BCUT2D eigenvalue weighted by atomic mass is 10.2. The van der Waals surface area contributed by atoms with Gasteiger partial charge in [0.05, 0.1) is 6.54 Å². The van der Waals surface area contributed by atoms with E-state index in [0.717, 1.165) is 22.7 Å². The Morgan fingerprint density at radius 3 is 2.62 bits per heavy atom. The molecule has 2 rings (SSSR count). The third-order valence-corrected chi connectivity index (χ3v) is 3.41. The van der Waals surface area contributed by atoms with E-state index >= 15 is 0 Å². The molecule has 0 atom stereocenters. The summed E-state index contributed by atoms with van der Waals surface area (Å²) < 4.78 is 5.88. The molecule has 0 fully saturated rings. The number of para-hydroxylation sites is 1. The number of hydrogen-bond donors (Lipinski definition) is 0. The molecule has 21 heavy (non-hydrogen) atoms. The van der Waals surface area contributed by atoms with E-state index in [-0.39, 0.29) is 0 Å². The predicted molar refractivity (Wildman–Crippen MR) is 87.2 cm³/mol. The van der Waals surface area contributed by atoms with Gasteiger partial charge in [-0.25, -0.2) is 9.97 Å². The topological polar surface area (TPSA) is 47.4 Å². The fourth-order valence-corrected chi connectivity index (χ4v) is 2.43. The highest BCUT2D eigenvalue weighted by molar-refractivity contribution is 6.49. The Morgan fingerprint density at radius 1 is 1.19 bits per heavy atom. The molecule has 0 spiro atoms. The van der Waals surface area contributed by atoms with E-state index in [9.17, 15) is 0 Å². The van der Waals surface area contributed by atoms with Crippen LogP contribution in [0.15, 0.2) is 41.7 Å². The molecular weight excluding hydrogens is 278 g/mol. The lowest BCUT2D eigenvalue weighted by Crippen LogP contribution is -2.12. The molecule has 2 aromatic rings. The van der Waals surface area contributed by atoms with Gasteiger partial charge in [0, 0.05) is 30.6 Å². The smallest absolute Gasteiger partial charge is 0.274 e. The van der Waals surface area contributed by atoms with E-state index < -0.39 is 9.04 Å². The Hall–Kier alpha value is -2.01. The molecule has 4 nitrogen and oxygen atoms in total. The standard InChI is InChI=1S/C16H20N3OSi/c1-13-10-18-16(19-11-13)8-9-17-12-14-6-4-5-7-15(14)20-21(2)3/h4-7,9-11H,8,12H2,1-3H3. The maximum Gasteiger partial charge on any atom is 0.274 e. The van der Waals surface area contributed by atoms with Crippen molar-refractivity contribution in [2.45, 2.75) is 33.0 Å². The van der Waals surface area contributed by atoms with Gasteiger partial charge in [-0.15, -0.1) is 0 Å². The Labute approximate surface area is 127 Å². The van der Waals surface area contributed by atoms with Crippen molar-refractivity contribution in [3.8, 4) is 5.75 Å². The maximum atomic E-state index is 5.88. The summed E-state index contributed by atoms with van der Waals surface area (Å²) in [6.07, 6.45) is 6.17. The average Bonchev–Trinajstić information content (AvgIpc) is 2.46. The van der Waals surface area contributed by atoms with Gasteiger partial charge in [0.25, 0.3) is 9.04 Å². The van der Waals surface area contributed by atoms with Crippen LogP contribution in [0, 0.1) is 6.92 Å². The van der Waals surface area contributed by atoms with Gasteiger partial charge in [-0.05, 0) is 31.6 Å². The molecule has 0 saturated carbocycles. The lowest BCUT2D eigenvalue weighted by molar-refractivity contribution is 0.572. The quantitative estimate of drug-likeness (QED) is 0.607. The molecule has 1 aromatic carbocycles. The van der Waals surface area contributed by atoms with Gasteiger partial charge in [0.15, 0.2) is 0 Å². The van der Waals surface area contributed by atoms with Crippen molar-refractivity contribution in [1.29, 1.82) is 0 Å². The van der Waals surface area contributed by atoms with Crippen LogP contribution in [0.2, 0.25) is 13.1 Å². The van der Waals surface area contributed by atoms with Crippen LogP contribution in [0.3, 0.4) is 0 Å². The number of aliphatic imine (C=N–C) groups is 1. The highest BCUT2D eigenvalue weighted by Gasteiger charge is 2.05. The van der Waals surface area contributed by atoms with Gasteiger partial charge in [0.2, 0.25) is 0 Å². The number of aryl methyl sites for hydroxylation is 1. The van der Waals surface area contributed by atoms with Crippen molar-refractivity contribution in [1.82, 2.24) is 9.97 Å². The van der Waals surface area contributed by atoms with E-state index in [1.807, 2.05) is 43.7 Å². The van der Waals surface area contributed by atoms with Crippen LogP contribution in [-0.4, -0.2) is 25.2 Å². The van der Waals surface area contributed by atoms with E-state index in [0.29, 0.717) is 13.0 Å². The summed E-state index contributed by atoms with van der Waals surface area (Å²) in [6.45, 7) is 6.85. The summed E-state index contributed by atoms with van der Waals surface area (Å²) in [7, 11) is -0.757. The zero-order valence-electron chi connectivity index (χ0n) is 12.7. The molecule has 0 amide bonds. The molecule has 1 aromatic heterocycles. The monoisotopic (exact) mass is 298 g/mol. The first kappa shape index (κ1) is 15.4. The second kappa shape index (κ2) is 7.69. The average molecular weight is 298 g/mol. The zero-order valence-corrected chi connectivity index (χ0v) is 13.7. The minimum Gasteiger partial charge on any atom is -0.542 e. The van der Waals surface area contributed by atoms with Gasteiger partial charge in [-0.3, -0.25) is 4.99 Å². The molecule has 0 aliphatic heterocycles. The van der Waals surface area contributed by atoms with Crippen molar-refractivity contribution < 1.29 is 4.43 Å². The maximum absolute atomic E-state index is 5.88. The molecule has 109 valence electrons. The van der Waals surface area contributed by atoms with Crippen molar-refractivity contribution in [2.75, 3.05) is 0 Å². The highest BCUT2D eigenvalue weighted by Crippen LogP contribution is 2.19. The molecule has 5 heteroatoms. The van der Waals surface area contributed by atoms with Crippen LogP contribution >= 0.6 is 0 Å². The third-order valence-electron chi connectivity index (χ3n) is 2.79. The highest BCUT2D eigenvalue weighted by atomic mass is 28.3. The zero-order chi connectivity index (χ0) is 15.1. The van der Waals surface area contributed by atoms with Crippen molar-refractivity contribution in [3.63, 3.8) is 0 Å². The summed E-state index contributed by atoms with van der Waals surface area (Å²) in [4.78, 5) is 13.0. The van der Waals surface area contributed by atoms with Crippen LogP contribution in [-0.2, 0) is 13.0 Å². The minimum absolute atomic E-state index is 0.622. The Balaban J connectivity index is 1.93. The van der Waals surface area contributed by atoms with Gasteiger partial charge >= 0.3 is 0 Å². The summed E-state index contributed by atoms with van der Waals surface area (Å²) in [5, 5.41) is 0. The molecule has 0 N–H and O–H groups in total. The summed E-state index contributed by atoms with van der Waals surface area (Å²) >= 11 is 0. The summed E-state index contributed by atoms with van der Waals surface area (Å²) in [6, 6.07) is 8.07. The Kier molecular flexibility index (Phi) is 5.63. The molecule has 1 heterocycles. The first-order chi connectivity index (χ1) is 10.1.